The molecule has 1 heterocycles. The predicted molar refractivity (Wildman–Crippen MR) is 67.7 cm³/mol. The number of esters is 1. The van der Waals surface area contributed by atoms with Crippen LogP contribution in [0, 0.1) is 0 Å². The van der Waals surface area contributed by atoms with Crippen molar-refractivity contribution in [3.63, 3.8) is 0 Å². The lowest BCUT2D eigenvalue weighted by atomic mass is 10.2. The number of halogens is 20. The molecule has 2 unspecified atom stereocenters. The van der Waals surface area contributed by atoms with Gasteiger partial charge in [-0.2, -0.15) is 91.8 Å². The molecular formula is C11F20O7S. The molecule has 0 aliphatic carbocycles. The summed E-state index contributed by atoms with van der Waals surface area (Å²) in [5, 5.41) is -7.64. The zero-order valence-electron chi connectivity index (χ0n) is 16.3. The van der Waals surface area contributed by atoms with Gasteiger partial charge in [0, 0.05) is 0 Å². The van der Waals surface area contributed by atoms with E-state index in [9.17, 15) is 101 Å². The van der Waals surface area contributed by atoms with Gasteiger partial charge in [0.15, 0.2) is 0 Å². The Morgan fingerprint density at radius 3 is 1.44 bits per heavy atom. The van der Waals surface area contributed by atoms with Gasteiger partial charge in [-0.05, 0) is 0 Å². The summed E-state index contributed by atoms with van der Waals surface area (Å²) in [5.74, 6) is -27.5. The number of hydrogen-bond donors (Lipinski definition) is 0. The van der Waals surface area contributed by atoms with Crippen LogP contribution in [0.5, 0.6) is 0 Å². The van der Waals surface area contributed by atoms with Crippen LogP contribution in [0.1, 0.15) is 0 Å². The standard InChI is InChI=1S/C11F20O7S/c12-2(13,5(15,16)17)1(32)35-9(25,26)4(6(18,19)20)36-3(14,7(21,22)37-4)8(23,24)38-10(27,28)11(29,30)39(31,33)34. The van der Waals surface area contributed by atoms with Gasteiger partial charge in [-0.1, -0.05) is 3.89 Å². The predicted octanol–water partition coefficient (Wildman–Crippen LogP) is 4.98. The second kappa shape index (κ2) is 8.70. The summed E-state index contributed by atoms with van der Waals surface area (Å²) in [4.78, 5) is 10.7. The van der Waals surface area contributed by atoms with Crippen molar-refractivity contribution in [1.82, 2.24) is 0 Å². The smallest absolute Gasteiger partial charge is 0.392 e. The van der Waals surface area contributed by atoms with Crippen molar-refractivity contribution in [2.75, 3.05) is 0 Å². The van der Waals surface area contributed by atoms with Gasteiger partial charge in [-0.3, -0.25) is 9.47 Å². The van der Waals surface area contributed by atoms with E-state index in [1.54, 1.807) is 4.74 Å². The number of carbonyl (C=O) groups is 1. The van der Waals surface area contributed by atoms with Gasteiger partial charge in [0.2, 0.25) is 0 Å². The molecule has 28 heteroatoms. The maximum absolute atomic E-state index is 14.3. The van der Waals surface area contributed by atoms with E-state index in [0.717, 1.165) is 0 Å². The van der Waals surface area contributed by atoms with Crippen molar-refractivity contribution in [2.24, 2.45) is 0 Å². The Kier molecular flexibility index (Phi) is 7.79. The van der Waals surface area contributed by atoms with Gasteiger partial charge in [0.1, 0.15) is 0 Å². The first kappa shape index (κ1) is 34.9. The highest BCUT2D eigenvalue weighted by molar-refractivity contribution is 7.87. The first-order valence-corrected chi connectivity index (χ1v) is 9.25. The fourth-order valence-corrected chi connectivity index (χ4v) is 2.27. The van der Waals surface area contributed by atoms with E-state index >= 15 is 0 Å². The molecule has 0 radical (unpaired) electrons. The summed E-state index contributed by atoms with van der Waals surface area (Å²) in [7, 11) is -8.16. The van der Waals surface area contributed by atoms with E-state index < -0.39 is 75.8 Å². The average Bonchev–Trinajstić information content (AvgIpc) is 2.87. The topological polar surface area (TPSA) is 88.1 Å². The van der Waals surface area contributed by atoms with Gasteiger partial charge in [-0.15, -0.1) is 0 Å². The van der Waals surface area contributed by atoms with E-state index in [1.807, 2.05) is 9.47 Å². The largest absolute Gasteiger partial charge is 0.466 e. The molecule has 1 aliphatic heterocycles. The Hall–Kier alpha value is -2.10. The first-order valence-electron chi connectivity index (χ1n) is 7.87. The van der Waals surface area contributed by atoms with Crippen LogP contribution in [-0.4, -0.2) is 74.0 Å². The minimum atomic E-state index is -8.16. The summed E-state index contributed by atoms with van der Waals surface area (Å²) < 4.78 is 289. The number of hydrogen-bond acceptors (Lipinski definition) is 7. The Labute approximate surface area is 196 Å². The number of carbonyl (C=O) groups excluding carboxylic acids is 1. The third-order valence-electron chi connectivity index (χ3n) is 3.80. The van der Waals surface area contributed by atoms with Crippen LogP contribution >= 0.6 is 0 Å². The number of alkyl halides is 19. The zero-order valence-corrected chi connectivity index (χ0v) is 17.1. The van der Waals surface area contributed by atoms with E-state index in [4.69, 9.17) is 0 Å². The number of ether oxygens (including phenoxy) is 4. The summed E-state index contributed by atoms with van der Waals surface area (Å²) in [6.45, 7) is 0. The van der Waals surface area contributed by atoms with Crippen molar-refractivity contribution in [2.45, 2.75) is 59.6 Å². The zero-order chi connectivity index (χ0) is 31.9. The van der Waals surface area contributed by atoms with Crippen molar-refractivity contribution in [3.05, 3.63) is 0 Å². The van der Waals surface area contributed by atoms with Crippen LogP contribution in [0.25, 0.3) is 0 Å². The molecule has 0 aromatic carbocycles. The van der Waals surface area contributed by atoms with Gasteiger partial charge < -0.3 is 4.74 Å². The summed E-state index contributed by atoms with van der Waals surface area (Å²) >= 11 is 0. The van der Waals surface area contributed by atoms with E-state index in [-0.39, 0.29) is 0 Å². The molecule has 1 fully saturated rings. The molecule has 2 atom stereocenters. The molecule has 232 valence electrons. The highest BCUT2D eigenvalue weighted by atomic mass is 32.3. The third-order valence-corrected chi connectivity index (χ3v) is 4.65. The second-order valence-corrected chi connectivity index (χ2v) is 7.89. The number of rotatable bonds is 8. The molecule has 0 saturated carbocycles. The van der Waals surface area contributed by atoms with Crippen LogP contribution in [0.4, 0.5) is 87.3 Å². The molecule has 0 aromatic heterocycles. The molecule has 1 saturated heterocycles. The summed E-state index contributed by atoms with van der Waals surface area (Å²) in [6.07, 6.45) is -46.4. The average molecular weight is 656 g/mol. The quantitative estimate of drug-likeness (QED) is 0.207. The molecule has 0 spiro atoms. The Morgan fingerprint density at radius 2 is 1.10 bits per heavy atom. The minimum Gasteiger partial charge on any atom is -0.392 e. The van der Waals surface area contributed by atoms with Crippen LogP contribution in [0.3, 0.4) is 0 Å². The molecule has 7 nitrogen and oxygen atoms in total. The molecule has 1 aliphatic rings. The van der Waals surface area contributed by atoms with E-state index in [2.05, 4.69) is 0 Å². The Balaban J connectivity index is 3.75. The monoisotopic (exact) mass is 656 g/mol. The second-order valence-electron chi connectivity index (χ2n) is 6.50. The van der Waals surface area contributed by atoms with Crippen LogP contribution in [-0.2, 0) is 34.0 Å². The van der Waals surface area contributed by atoms with E-state index in [0.29, 0.717) is 0 Å². The van der Waals surface area contributed by atoms with Crippen molar-refractivity contribution in [1.29, 1.82) is 0 Å². The van der Waals surface area contributed by atoms with Gasteiger partial charge >= 0.3 is 75.8 Å². The maximum Gasteiger partial charge on any atom is 0.466 e. The molecule has 0 amide bonds. The molecule has 39 heavy (non-hydrogen) atoms. The SMILES string of the molecule is O=C(OC(F)(F)C1(C(F)(F)F)OC(F)(F)C(F)(C(F)(F)OC(F)(F)C(F)(F)S(=O)(=O)F)O1)C(F)(F)C(F)(F)F. The van der Waals surface area contributed by atoms with Gasteiger partial charge in [0.05, 0.1) is 0 Å². The minimum absolute atomic E-state index is 1.35. The third kappa shape index (κ3) is 5.10. The summed E-state index contributed by atoms with van der Waals surface area (Å²) in [6, 6.07) is 0. The Bertz CT molecular complexity index is 1080. The summed E-state index contributed by atoms with van der Waals surface area (Å²) in [5.41, 5.74) is 0. The molecular weight excluding hydrogens is 656 g/mol. The van der Waals surface area contributed by atoms with Crippen molar-refractivity contribution in [3.8, 4) is 0 Å². The fraction of sp³-hybridized carbons (Fsp3) is 0.909. The van der Waals surface area contributed by atoms with Gasteiger partial charge in [-0.25, -0.2) is 9.53 Å². The van der Waals surface area contributed by atoms with Crippen LogP contribution < -0.4 is 0 Å². The lowest BCUT2D eigenvalue weighted by molar-refractivity contribution is -0.507. The van der Waals surface area contributed by atoms with Crippen LogP contribution in [0.2, 0.25) is 0 Å². The lowest BCUT2D eigenvalue weighted by Gasteiger charge is -2.36. The van der Waals surface area contributed by atoms with Crippen molar-refractivity contribution < 1.29 is 119 Å². The molecule has 0 bridgehead atoms. The highest BCUT2D eigenvalue weighted by Gasteiger charge is 2.94. The van der Waals surface area contributed by atoms with Crippen LogP contribution in [0.15, 0.2) is 0 Å². The molecule has 0 N–H and O–H groups in total. The lowest BCUT2D eigenvalue weighted by Crippen LogP contribution is -2.65. The maximum atomic E-state index is 14.3. The van der Waals surface area contributed by atoms with Gasteiger partial charge in [0.25, 0.3) is 0 Å². The first-order chi connectivity index (χ1) is 16.5. The van der Waals surface area contributed by atoms with E-state index in [1.165, 1.54) is 4.74 Å². The van der Waals surface area contributed by atoms with Crippen molar-refractivity contribution >= 4 is 16.2 Å². The normalized spacial score (nSPS) is 26.1. The molecule has 1 rings (SSSR count). The Morgan fingerprint density at radius 1 is 0.692 bits per heavy atom. The molecule has 0 aromatic rings. The fourth-order valence-electron chi connectivity index (χ4n) is 1.94. The highest BCUT2D eigenvalue weighted by Crippen LogP contribution is 2.64.